The van der Waals surface area contributed by atoms with Gasteiger partial charge in [-0.1, -0.05) is 6.92 Å². The second kappa shape index (κ2) is 7.09. The fourth-order valence-electron chi connectivity index (χ4n) is 3.71. The number of benzene rings is 1. The molecular weight excluding hydrogens is 352 g/mol. The summed E-state index contributed by atoms with van der Waals surface area (Å²) in [5.74, 6) is -0.0784. The average Bonchev–Trinajstić information content (AvgIpc) is 2.99. The molecular formula is C19H21F2N5O. The van der Waals surface area contributed by atoms with E-state index >= 15 is 0 Å². The van der Waals surface area contributed by atoms with Crippen LogP contribution in [-0.2, 0) is 6.54 Å². The summed E-state index contributed by atoms with van der Waals surface area (Å²) in [6, 6.07) is 5.41. The highest BCUT2D eigenvalue weighted by molar-refractivity contribution is 5.45. The second-order valence-electron chi connectivity index (χ2n) is 6.88. The number of nitrogens with zero attached hydrogens (tertiary/aromatic N) is 5. The van der Waals surface area contributed by atoms with Gasteiger partial charge in [0.1, 0.15) is 17.5 Å². The molecule has 3 aromatic rings. The lowest BCUT2D eigenvalue weighted by Gasteiger charge is -2.36. The molecule has 2 aromatic heterocycles. The van der Waals surface area contributed by atoms with Crippen LogP contribution >= 0.6 is 0 Å². The van der Waals surface area contributed by atoms with Gasteiger partial charge in [0, 0.05) is 24.3 Å². The molecule has 1 atom stereocenters. The van der Waals surface area contributed by atoms with Crippen molar-refractivity contribution < 1.29 is 8.78 Å². The molecule has 1 saturated heterocycles. The van der Waals surface area contributed by atoms with Gasteiger partial charge in [0.25, 0.3) is 5.78 Å². The minimum atomic E-state index is -0.576. The smallest absolute Gasteiger partial charge is 0.351 e. The third-order valence-corrected chi connectivity index (χ3v) is 5.16. The van der Waals surface area contributed by atoms with Gasteiger partial charge in [0.05, 0.1) is 6.54 Å². The van der Waals surface area contributed by atoms with E-state index in [9.17, 15) is 13.6 Å². The summed E-state index contributed by atoms with van der Waals surface area (Å²) >= 11 is 0. The molecule has 0 spiro atoms. The molecule has 27 heavy (non-hydrogen) atoms. The van der Waals surface area contributed by atoms with E-state index in [0.29, 0.717) is 6.04 Å². The Balaban J connectivity index is 1.69. The lowest BCUT2D eigenvalue weighted by Crippen LogP contribution is -2.39. The van der Waals surface area contributed by atoms with E-state index in [4.69, 9.17) is 0 Å². The standard InChI is InChI=1S/C19H21F2N5O/c1-2-15-5-3-4-9-24(15)17-8-10-25-18(22-17)23-26(19(25)27)12-13-11-14(20)6-7-16(13)21/h6-8,10-11,15H,2-5,9,12H2,1H3. The lowest BCUT2D eigenvalue weighted by molar-refractivity contribution is 0.447. The molecule has 4 rings (SSSR count). The van der Waals surface area contributed by atoms with Gasteiger partial charge in [-0.05, 0) is 49.9 Å². The van der Waals surface area contributed by atoms with E-state index in [2.05, 4.69) is 21.9 Å². The van der Waals surface area contributed by atoms with E-state index in [-0.39, 0.29) is 17.9 Å². The minimum absolute atomic E-state index is 0.0720. The van der Waals surface area contributed by atoms with Crippen LogP contribution in [0.25, 0.3) is 5.78 Å². The maximum Gasteiger partial charge on any atom is 0.351 e. The monoisotopic (exact) mass is 373 g/mol. The number of aromatic nitrogens is 4. The van der Waals surface area contributed by atoms with Crippen LogP contribution in [0.15, 0.2) is 35.3 Å². The molecule has 1 aliphatic heterocycles. The van der Waals surface area contributed by atoms with Gasteiger partial charge in [-0.25, -0.2) is 22.7 Å². The zero-order valence-corrected chi connectivity index (χ0v) is 15.1. The Morgan fingerprint density at radius 3 is 2.89 bits per heavy atom. The number of rotatable bonds is 4. The molecule has 8 heteroatoms. The fraction of sp³-hybridized carbons (Fsp3) is 0.421. The highest BCUT2D eigenvalue weighted by Gasteiger charge is 2.23. The summed E-state index contributed by atoms with van der Waals surface area (Å²) in [5.41, 5.74) is -0.360. The van der Waals surface area contributed by atoms with Crippen LogP contribution in [0, 0.1) is 11.6 Å². The molecule has 0 bridgehead atoms. The zero-order chi connectivity index (χ0) is 19.0. The van der Waals surface area contributed by atoms with Gasteiger partial charge < -0.3 is 4.90 Å². The summed E-state index contributed by atoms with van der Waals surface area (Å²) in [6.07, 6.45) is 6.14. The van der Waals surface area contributed by atoms with Crippen LogP contribution in [0.1, 0.15) is 38.2 Å². The van der Waals surface area contributed by atoms with Crippen molar-refractivity contribution >= 4 is 11.6 Å². The number of fused-ring (bicyclic) bond motifs is 1. The fourth-order valence-corrected chi connectivity index (χ4v) is 3.71. The largest absolute Gasteiger partial charge is 0.353 e. The van der Waals surface area contributed by atoms with Crippen molar-refractivity contribution in [3.05, 3.63) is 58.1 Å². The highest BCUT2D eigenvalue weighted by atomic mass is 19.1. The lowest BCUT2D eigenvalue weighted by atomic mass is 10.0. The van der Waals surface area contributed by atoms with E-state index in [0.717, 1.165) is 54.5 Å². The van der Waals surface area contributed by atoms with Crippen LogP contribution in [-0.4, -0.2) is 31.8 Å². The quantitative estimate of drug-likeness (QED) is 0.706. The topological polar surface area (TPSA) is 55.4 Å². The van der Waals surface area contributed by atoms with Gasteiger partial charge in [0.2, 0.25) is 0 Å². The van der Waals surface area contributed by atoms with Crippen LogP contribution < -0.4 is 10.6 Å². The third-order valence-electron chi connectivity index (χ3n) is 5.16. The van der Waals surface area contributed by atoms with E-state index in [1.54, 1.807) is 6.20 Å². The predicted molar refractivity (Wildman–Crippen MR) is 98.0 cm³/mol. The van der Waals surface area contributed by atoms with Crippen molar-refractivity contribution in [1.82, 2.24) is 19.2 Å². The number of halogens is 2. The van der Waals surface area contributed by atoms with E-state index < -0.39 is 17.3 Å². The zero-order valence-electron chi connectivity index (χ0n) is 15.1. The summed E-state index contributed by atoms with van der Waals surface area (Å²) in [6.45, 7) is 2.94. The Morgan fingerprint density at radius 1 is 1.22 bits per heavy atom. The van der Waals surface area contributed by atoms with Crippen LogP contribution in [0.5, 0.6) is 0 Å². The van der Waals surface area contributed by atoms with Gasteiger partial charge in [-0.3, -0.25) is 0 Å². The Morgan fingerprint density at radius 2 is 2.07 bits per heavy atom. The normalized spacial score (nSPS) is 17.6. The van der Waals surface area contributed by atoms with Crippen molar-refractivity contribution in [2.24, 2.45) is 0 Å². The van der Waals surface area contributed by atoms with Gasteiger partial charge in [-0.2, -0.15) is 4.98 Å². The molecule has 0 N–H and O–H groups in total. The highest BCUT2D eigenvalue weighted by Crippen LogP contribution is 2.24. The van der Waals surface area contributed by atoms with Crippen LogP contribution in [0.2, 0.25) is 0 Å². The summed E-state index contributed by atoms with van der Waals surface area (Å²) in [4.78, 5) is 19.3. The second-order valence-corrected chi connectivity index (χ2v) is 6.88. The van der Waals surface area contributed by atoms with Crippen molar-refractivity contribution in [2.75, 3.05) is 11.4 Å². The summed E-state index contributed by atoms with van der Waals surface area (Å²) in [7, 11) is 0. The first kappa shape index (κ1) is 17.6. The number of hydrogen-bond acceptors (Lipinski definition) is 4. The Labute approximate surface area is 155 Å². The molecule has 0 radical (unpaired) electrons. The minimum Gasteiger partial charge on any atom is -0.353 e. The molecule has 6 nitrogen and oxygen atoms in total. The van der Waals surface area contributed by atoms with Crippen LogP contribution in [0.4, 0.5) is 14.6 Å². The molecule has 1 aliphatic rings. The number of hydrogen-bond donors (Lipinski definition) is 0. The van der Waals surface area contributed by atoms with E-state index in [1.807, 2.05) is 6.07 Å². The Kier molecular flexibility index (Phi) is 4.63. The Bertz CT molecular complexity index is 1030. The first-order valence-corrected chi connectivity index (χ1v) is 9.23. The van der Waals surface area contributed by atoms with Gasteiger partial charge in [0.15, 0.2) is 0 Å². The van der Waals surface area contributed by atoms with E-state index in [1.165, 1.54) is 10.8 Å². The predicted octanol–water partition coefficient (Wildman–Crippen LogP) is 2.99. The van der Waals surface area contributed by atoms with Crippen molar-refractivity contribution in [1.29, 1.82) is 0 Å². The van der Waals surface area contributed by atoms with Crippen molar-refractivity contribution in [3.8, 4) is 0 Å². The maximum absolute atomic E-state index is 13.9. The molecule has 0 amide bonds. The maximum atomic E-state index is 13.9. The SMILES string of the molecule is CCC1CCCCN1c1ccn2c(=O)n(Cc3cc(F)ccc3F)nc2n1. The number of anilines is 1. The summed E-state index contributed by atoms with van der Waals surface area (Å²) < 4.78 is 29.7. The van der Waals surface area contributed by atoms with Crippen molar-refractivity contribution in [2.45, 2.75) is 45.2 Å². The number of piperidine rings is 1. The first-order valence-electron chi connectivity index (χ1n) is 9.23. The third kappa shape index (κ3) is 3.31. The molecule has 3 heterocycles. The molecule has 1 fully saturated rings. The summed E-state index contributed by atoms with van der Waals surface area (Å²) in [5, 5.41) is 4.22. The first-order chi connectivity index (χ1) is 13.1. The Hall–Kier alpha value is -2.77. The molecule has 0 saturated carbocycles. The van der Waals surface area contributed by atoms with Crippen LogP contribution in [0.3, 0.4) is 0 Å². The average molecular weight is 373 g/mol. The molecule has 0 aliphatic carbocycles. The van der Waals surface area contributed by atoms with Crippen molar-refractivity contribution in [3.63, 3.8) is 0 Å². The molecule has 1 aromatic carbocycles. The van der Waals surface area contributed by atoms with Gasteiger partial charge in [-0.15, -0.1) is 5.10 Å². The molecule has 1 unspecified atom stereocenters. The molecule has 142 valence electrons. The van der Waals surface area contributed by atoms with Gasteiger partial charge >= 0.3 is 5.69 Å².